The van der Waals surface area contributed by atoms with Crippen LogP contribution in [0.25, 0.3) is 0 Å². The molecular formula is C26H37N3O5S. The SMILES string of the molecule is CCCCNC(=O)C(C)N(Cc1ccc(OC)cc1)C(=O)CN(c1ccccc1CC)S(C)(=O)=O. The van der Waals surface area contributed by atoms with Gasteiger partial charge >= 0.3 is 0 Å². The average Bonchev–Trinajstić information content (AvgIpc) is 2.85. The van der Waals surface area contributed by atoms with E-state index in [0.717, 1.165) is 34.5 Å². The van der Waals surface area contributed by atoms with Crippen LogP contribution in [0.4, 0.5) is 5.69 Å². The molecule has 9 heteroatoms. The standard InChI is InChI=1S/C26H37N3O5S/c1-6-8-17-27-26(31)20(3)28(18-21-13-15-23(34-4)16-14-21)25(30)19-29(35(5,32)33)24-12-10-9-11-22(24)7-2/h9-16,20H,6-8,17-19H2,1-5H3,(H,27,31). The molecular weight excluding hydrogens is 466 g/mol. The van der Waals surface area contributed by atoms with E-state index < -0.39 is 28.5 Å². The highest BCUT2D eigenvalue weighted by atomic mass is 32.2. The molecule has 0 radical (unpaired) electrons. The Morgan fingerprint density at radius 3 is 2.29 bits per heavy atom. The van der Waals surface area contributed by atoms with Gasteiger partial charge in [0.05, 0.1) is 19.1 Å². The van der Waals surface area contributed by atoms with Crippen LogP contribution in [0.5, 0.6) is 5.75 Å². The summed E-state index contributed by atoms with van der Waals surface area (Å²) in [7, 11) is -2.18. The summed E-state index contributed by atoms with van der Waals surface area (Å²) in [5.74, 6) is -0.0631. The van der Waals surface area contributed by atoms with E-state index >= 15 is 0 Å². The summed E-state index contributed by atoms with van der Waals surface area (Å²) in [5.41, 5.74) is 2.08. The second kappa shape index (κ2) is 13.1. The molecule has 0 saturated carbocycles. The zero-order chi connectivity index (χ0) is 26.0. The first kappa shape index (κ1) is 28.2. The number of ether oxygens (including phenoxy) is 1. The van der Waals surface area contributed by atoms with Crippen molar-refractivity contribution >= 4 is 27.5 Å². The highest BCUT2D eigenvalue weighted by molar-refractivity contribution is 7.92. The molecule has 35 heavy (non-hydrogen) atoms. The maximum absolute atomic E-state index is 13.6. The van der Waals surface area contributed by atoms with Crippen LogP contribution >= 0.6 is 0 Å². The molecule has 0 aromatic heterocycles. The zero-order valence-electron chi connectivity index (χ0n) is 21.3. The number of unbranched alkanes of at least 4 members (excludes halogenated alkanes) is 1. The Bertz CT molecular complexity index is 1090. The highest BCUT2D eigenvalue weighted by Crippen LogP contribution is 2.24. The zero-order valence-corrected chi connectivity index (χ0v) is 22.1. The van der Waals surface area contributed by atoms with Gasteiger partial charge in [-0.3, -0.25) is 13.9 Å². The van der Waals surface area contributed by atoms with Gasteiger partial charge in [0.25, 0.3) is 0 Å². The maximum atomic E-state index is 13.6. The van der Waals surface area contributed by atoms with E-state index in [9.17, 15) is 18.0 Å². The van der Waals surface area contributed by atoms with Crippen molar-refractivity contribution in [1.82, 2.24) is 10.2 Å². The van der Waals surface area contributed by atoms with Crippen molar-refractivity contribution in [3.8, 4) is 5.75 Å². The van der Waals surface area contributed by atoms with E-state index in [2.05, 4.69) is 5.32 Å². The summed E-state index contributed by atoms with van der Waals surface area (Å²) < 4.78 is 31.8. The number of para-hydroxylation sites is 1. The lowest BCUT2D eigenvalue weighted by molar-refractivity contribution is -0.139. The lowest BCUT2D eigenvalue weighted by Crippen LogP contribution is -2.51. The number of carbonyl (C=O) groups is 2. The van der Waals surface area contributed by atoms with Crippen molar-refractivity contribution in [2.45, 2.75) is 52.6 Å². The molecule has 1 unspecified atom stereocenters. The molecule has 0 spiro atoms. The largest absolute Gasteiger partial charge is 0.497 e. The predicted molar refractivity (Wildman–Crippen MR) is 139 cm³/mol. The molecule has 1 N–H and O–H groups in total. The second-order valence-corrected chi connectivity index (χ2v) is 10.3. The molecule has 1 atom stereocenters. The molecule has 8 nitrogen and oxygen atoms in total. The molecule has 0 aliphatic rings. The van der Waals surface area contributed by atoms with Gasteiger partial charge in [0.1, 0.15) is 18.3 Å². The van der Waals surface area contributed by atoms with Crippen LogP contribution in [-0.2, 0) is 32.6 Å². The molecule has 0 fully saturated rings. The Hall–Kier alpha value is -3.07. The van der Waals surface area contributed by atoms with Crippen LogP contribution in [0.1, 0.15) is 44.7 Å². The number of anilines is 1. The summed E-state index contributed by atoms with van der Waals surface area (Å²) in [6.07, 6.45) is 3.47. The van der Waals surface area contributed by atoms with Crippen molar-refractivity contribution in [3.05, 3.63) is 59.7 Å². The van der Waals surface area contributed by atoms with Gasteiger partial charge in [0.2, 0.25) is 21.8 Å². The Morgan fingerprint density at radius 2 is 1.71 bits per heavy atom. The molecule has 2 aromatic carbocycles. The summed E-state index contributed by atoms with van der Waals surface area (Å²) in [4.78, 5) is 27.9. The third kappa shape index (κ3) is 7.99. The van der Waals surface area contributed by atoms with Crippen molar-refractivity contribution < 1.29 is 22.7 Å². The van der Waals surface area contributed by atoms with E-state index in [0.29, 0.717) is 24.4 Å². The smallest absolute Gasteiger partial charge is 0.244 e. The van der Waals surface area contributed by atoms with Gasteiger partial charge in [0.15, 0.2) is 0 Å². The van der Waals surface area contributed by atoms with Gasteiger partial charge in [-0.2, -0.15) is 0 Å². The third-order valence-corrected chi connectivity index (χ3v) is 6.96. The summed E-state index contributed by atoms with van der Waals surface area (Å²) in [6.45, 7) is 5.89. The molecule has 0 aliphatic carbocycles. The Morgan fingerprint density at radius 1 is 1.06 bits per heavy atom. The fraction of sp³-hybridized carbons (Fsp3) is 0.462. The number of sulfonamides is 1. The molecule has 0 saturated heterocycles. The van der Waals surface area contributed by atoms with E-state index in [-0.39, 0.29) is 12.5 Å². The normalized spacial score (nSPS) is 12.0. The van der Waals surface area contributed by atoms with Crippen LogP contribution in [0.2, 0.25) is 0 Å². The number of rotatable bonds is 13. The summed E-state index contributed by atoms with van der Waals surface area (Å²) >= 11 is 0. The Kier molecular flexibility index (Phi) is 10.6. The number of hydrogen-bond donors (Lipinski definition) is 1. The quantitative estimate of drug-likeness (QED) is 0.423. The van der Waals surface area contributed by atoms with E-state index in [1.807, 2.05) is 38.1 Å². The van der Waals surface area contributed by atoms with Gasteiger partial charge in [-0.25, -0.2) is 8.42 Å². The highest BCUT2D eigenvalue weighted by Gasteiger charge is 2.30. The van der Waals surface area contributed by atoms with Crippen LogP contribution in [-0.4, -0.2) is 57.6 Å². The van der Waals surface area contributed by atoms with Crippen LogP contribution < -0.4 is 14.4 Å². The summed E-state index contributed by atoms with van der Waals surface area (Å²) in [5, 5.41) is 2.87. The van der Waals surface area contributed by atoms with E-state index in [1.165, 1.54) is 4.90 Å². The van der Waals surface area contributed by atoms with Crippen molar-refractivity contribution in [2.24, 2.45) is 0 Å². The molecule has 2 aromatic rings. The fourth-order valence-corrected chi connectivity index (χ4v) is 4.57. The first-order chi connectivity index (χ1) is 16.6. The number of hydrogen-bond acceptors (Lipinski definition) is 5. The minimum atomic E-state index is -3.76. The number of nitrogens with zero attached hydrogens (tertiary/aromatic N) is 2. The molecule has 2 amide bonds. The lowest BCUT2D eigenvalue weighted by Gasteiger charge is -2.32. The van der Waals surface area contributed by atoms with Gasteiger partial charge in [-0.1, -0.05) is 50.6 Å². The van der Waals surface area contributed by atoms with Crippen LogP contribution in [0.15, 0.2) is 48.5 Å². The topological polar surface area (TPSA) is 96.0 Å². The van der Waals surface area contributed by atoms with Gasteiger partial charge in [-0.05, 0) is 49.1 Å². The second-order valence-electron chi connectivity index (χ2n) is 8.44. The Labute approximate surface area is 209 Å². The molecule has 0 heterocycles. The maximum Gasteiger partial charge on any atom is 0.244 e. The first-order valence-electron chi connectivity index (χ1n) is 11.9. The van der Waals surface area contributed by atoms with Crippen molar-refractivity contribution in [2.75, 3.05) is 30.8 Å². The van der Waals surface area contributed by atoms with Gasteiger partial charge in [0, 0.05) is 13.1 Å². The number of nitrogens with one attached hydrogen (secondary N) is 1. The van der Waals surface area contributed by atoms with Gasteiger partial charge < -0.3 is 15.0 Å². The van der Waals surface area contributed by atoms with Crippen molar-refractivity contribution in [1.29, 1.82) is 0 Å². The van der Waals surface area contributed by atoms with E-state index in [4.69, 9.17) is 4.74 Å². The van der Waals surface area contributed by atoms with E-state index in [1.54, 1.807) is 38.3 Å². The van der Waals surface area contributed by atoms with Gasteiger partial charge in [-0.15, -0.1) is 0 Å². The predicted octanol–water partition coefficient (Wildman–Crippen LogP) is 3.36. The number of aryl methyl sites for hydroxylation is 1. The monoisotopic (exact) mass is 503 g/mol. The van der Waals surface area contributed by atoms with Crippen LogP contribution in [0, 0.1) is 0 Å². The average molecular weight is 504 g/mol. The number of methoxy groups -OCH3 is 1. The third-order valence-electron chi connectivity index (χ3n) is 5.83. The summed E-state index contributed by atoms with van der Waals surface area (Å²) in [6, 6.07) is 13.5. The van der Waals surface area contributed by atoms with Crippen molar-refractivity contribution in [3.63, 3.8) is 0 Å². The molecule has 0 aliphatic heterocycles. The number of benzene rings is 2. The molecule has 2 rings (SSSR count). The minimum absolute atomic E-state index is 0.151. The number of carbonyl (C=O) groups excluding carboxylic acids is 2. The molecule has 0 bridgehead atoms. The Balaban J connectivity index is 2.38. The fourth-order valence-electron chi connectivity index (χ4n) is 3.69. The minimum Gasteiger partial charge on any atom is -0.497 e. The molecule has 192 valence electrons. The lowest BCUT2D eigenvalue weighted by atomic mass is 10.1. The number of amides is 2. The van der Waals surface area contributed by atoms with Crippen LogP contribution in [0.3, 0.4) is 0 Å². The first-order valence-corrected chi connectivity index (χ1v) is 13.7.